The Morgan fingerprint density at radius 1 is 0.833 bits per heavy atom. The molecule has 0 radical (unpaired) electrons. The number of aromatic nitrogens is 4. The summed E-state index contributed by atoms with van der Waals surface area (Å²) in [4.78, 5) is 18.3. The van der Waals surface area contributed by atoms with Crippen LogP contribution in [0.1, 0.15) is 6.92 Å². The Kier molecular flexibility index (Phi) is 8.54. The molecule has 48 heavy (non-hydrogen) atoms. The molecular weight excluding hydrogens is 651 g/mol. The fourth-order valence-electron chi connectivity index (χ4n) is 5.32. The van der Waals surface area contributed by atoms with E-state index in [-0.39, 0.29) is 16.6 Å². The zero-order chi connectivity index (χ0) is 34.2. The average Bonchev–Trinajstić information content (AvgIpc) is 3.68. The molecule has 246 valence electrons. The Morgan fingerprint density at radius 3 is 2.10 bits per heavy atom. The van der Waals surface area contributed by atoms with E-state index < -0.39 is 20.0 Å². The zero-order valence-corrected chi connectivity index (χ0v) is 28.2. The number of fused-ring (bicyclic) bond motifs is 1. The van der Waals surface area contributed by atoms with Gasteiger partial charge in [0.25, 0.3) is 10.0 Å². The third-order valence-electron chi connectivity index (χ3n) is 7.62. The number of hydrogen-bond acceptors (Lipinski definition) is 7. The third kappa shape index (κ3) is 6.39. The minimum Gasteiger partial charge on any atom is -0.331 e. The smallest absolute Gasteiger partial charge is 0.321 e. The molecule has 14 heteroatoms. The summed E-state index contributed by atoms with van der Waals surface area (Å²) < 4.78 is 57.6. The Bertz CT molecular complexity index is 2350. The van der Waals surface area contributed by atoms with Crippen molar-refractivity contribution in [1.29, 1.82) is 0 Å². The van der Waals surface area contributed by atoms with Gasteiger partial charge in [0.2, 0.25) is 10.0 Å². The average molecular weight is 684 g/mol. The number of benzene rings is 3. The van der Waals surface area contributed by atoms with Crippen molar-refractivity contribution in [2.75, 3.05) is 30.4 Å². The van der Waals surface area contributed by atoms with Crippen LogP contribution in [0.25, 0.3) is 44.7 Å². The van der Waals surface area contributed by atoms with Gasteiger partial charge in [-0.3, -0.25) is 9.40 Å². The van der Waals surface area contributed by atoms with Crippen molar-refractivity contribution < 1.29 is 21.6 Å². The van der Waals surface area contributed by atoms with Crippen molar-refractivity contribution in [3.8, 4) is 33.6 Å². The number of hydrogen-bond donors (Lipinski definition) is 2. The summed E-state index contributed by atoms with van der Waals surface area (Å²) in [6.07, 6.45) is 4.55. The maximum Gasteiger partial charge on any atom is 0.321 e. The highest BCUT2D eigenvalue weighted by atomic mass is 32.2. The lowest BCUT2D eigenvalue weighted by molar-refractivity contribution is 0.230. The van der Waals surface area contributed by atoms with Crippen LogP contribution < -0.4 is 10.0 Å². The minimum atomic E-state index is -4.14. The predicted molar refractivity (Wildman–Crippen MR) is 188 cm³/mol. The van der Waals surface area contributed by atoms with Gasteiger partial charge in [0, 0.05) is 60.9 Å². The van der Waals surface area contributed by atoms with Gasteiger partial charge in [0.15, 0.2) is 5.65 Å². The van der Waals surface area contributed by atoms with Crippen molar-refractivity contribution in [2.45, 2.75) is 18.4 Å². The van der Waals surface area contributed by atoms with E-state index in [0.29, 0.717) is 40.3 Å². The predicted octanol–water partition coefficient (Wildman–Crippen LogP) is 5.96. The Morgan fingerprint density at radius 2 is 1.48 bits per heavy atom. The number of carbonyl (C=O) groups is 1. The number of nitrogens with zero attached hydrogens (tertiary/aromatic N) is 5. The first-order chi connectivity index (χ1) is 22.9. The molecule has 2 amide bonds. The van der Waals surface area contributed by atoms with E-state index in [9.17, 15) is 21.6 Å². The van der Waals surface area contributed by atoms with E-state index in [1.807, 2.05) is 36.0 Å². The van der Waals surface area contributed by atoms with Gasteiger partial charge in [0.1, 0.15) is 5.69 Å². The molecule has 0 saturated carbocycles. The standard InChI is InChI=1S/C34H33N7O5S2/c1-5-40-22-30(32(37-40)24-13-15-25(16-14-24)36-34(42)39(2)3)28-19-20-35-33-29(28)21-31(23-11-17-26(18-12-23)38-47(4,43)44)41(33)48(45,46)27-9-7-6-8-10-27/h6-22,38H,5H2,1-4H3,(H,36,42). The number of carbonyl (C=O) groups excluding carboxylic acids is 1. The van der Waals surface area contributed by atoms with Crippen LogP contribution in [0.2, 0.25) is 0 Å². The Labute approximate surface area is 278 Å². The highest BCUT2D eigenvalue weighted by Gasteiger charge is 2.27. The molecule has 0 aliphatic heterocycles. The summed E-state index contributed by atoms with van der Waals surface area (Å²) >= 11 is 0. The number of amides is 2. The molecule has 0 atom stereocenters. The van der Waals surface area contributed by atoms with E-state index >= 15 is 0 Å². The molecule has 0 saturated heterocycles. The lowest BCUT2D eigenvalue weighted by Gasteiger charge is -2.13. The molecule has 6 rings (SSSR count). The number of aryl methyl sites for hydroxylation is 1. The number of urea groups is 1. The lowest BCUT2D eigenvalue weighted by atomic mass is 10.00. The van der Waals surface area contributed by atoms with Crippen LogP contribution in [-0.4, -0.2) is 66.9 Å². The number of anilines is 2. The molecule has 0 unspecified atom stereocenters. The van der Waals surface area contributed by atoms with Crippen LogP contribution in [0, 0.1) is 0 Å². The highest BCUT2D eigenvalue weighted by molar-refractivity contribution is 7.92. The van der Waals surface area contributed by atoms with Crippen LogP contribution in [-0.2, 0) is 26.6 Å². The molecule has 3 heterocycles. The molecular formula is C34H33N7O5S2. The first-order valence-electron chi connectivity index (χ1n) is 14.9. The van der Waals surface area contributed by atoms with Crippen LogP contribution in [0.15, 0.2) is 108 Å². The monoisotopic (exact) mass is 683 g/mol. The summed E-state index contributed by atoms with van der Waals surface area (Å²) in [5.41, 5.74) is 5.05. The molecule has 0 spiro atoms. The zero-order valence-electron chi connectivity index (χ0n) is 26.6. The molecule has 0 fully saturated rings. The maximum atomic E-state index is 14.3. The number of rotatable bonds is 9. The number of nitrogens with one attached hydrogen (secondary N) is 2. The summed E-state index contributed by atoms with van der Waals surface area (Å²) in [6.45, 7) is 2.58. The molecule has 2 N–H and O–H groups in total. The highest BCUT2D eigenvalue weighted by Crippen LogP contribution is 2.40. The van der Waals surface area contributed by atoms with E-state index in [1.165, 1.54) is 21.0 Å². The quantitative estimate of drug-likeness (QED) is 0.191. The van der Waals surface area contributed by atoms with E-state index in [4.69, 9.17) is 5.10 Å². The van der Waals surface area contributed by atoms with Gasteiger partial charge in [-0.2, -0.15) is 5.10 Å². The Balaban J connectivity index is 1.54. The van der Waals surface area contributed by atoms with Gasteiger partial charge in [0.05, 0.1) is 16.8 Å². The summed E-state index contributed by atoms with van der Waals surface area (Å²) in [5.74, 6) is 0. The van der Waals surface area contributed by atoms with Gasteiger partial charge in [-0.25, -0.2) is 30.6 Å². The first-order valence-corrected chi connectivity index (χ1v) is 18.2. The largest absolute Gasteiger partial charge is 0.331 e. The van der Waals surface area contributed by atoms with Gasteiger partial charge < -0.3 is 10.2 Å². The molecule has 0 aliphatic rings. The molecule has 0 aliphatic carbocycles. The summed E-state index contributed by atoms with van der Waals surface area (Å²) in [6, 6.07) is 25.3. The Hall–Kier alpha value is -5.47. The normalized spacial score (nSPS) is 11.8. The summed E-state index contributed by atoms with van der Waals surface area (Å²) in [7, 11) is -4.32. The first kappa shape index (κ1) is 32.5. The van der Waals surface area contributed by atoms with Crippen molar-refractivity contribution in [2.24, 2.45) is 0 Å². The van der Waals surface area contributed by atoms with E-state index in [0.717, 1.165) is 22.9 Å². The maximum absolute atomic E-state index is 14.3. The minimum absolute atomic E-state index is 0.0901. The lowest BCUT2D eigenvalue weighted by Crippen LogP contribution is -2.27. The van der Waals surface area contributed by atoms with Crippen molar-refractivity contribution in [3.05, 3.63) is 103 Å². The molecule has 6 aromatic rings. The van der Waals surface area contributed by atoms with Gasteiger partial charge in [-0.1, -0.05) is 42.5 Å². The molecule has 0 bridgehead atoms. The molecule has 3 aromatic carbocycles. The second-order valence-corrected chi connectivity index (χ2v) is 14.8. The SMILES string of the molecule is CCn1cc(-c2ccnc3c2cc(-c2ccc(NS(C)(=O)=O)cc2)n3S(=O)(=O)c2ccccc2)c(-c2ccc(NC(=O)N(C)C)cc2)n1. The second kappa shape index (κ2) is 12.6. The van der Waals surface area contributed by atoms with Gasteiger partial charge in [-0.05, 0) is 66.6 Å². The molecule has 12 nitrogen and oxygen atoms in total. The fourth-order valence-corrected chi connectivity index (χ4v) is 7.38. The number of pyridine rings is 1. The van der Waals surface area contributed by atoms with Crippen LogP contribution in [0.4, 0.5) is 16.2 Å². The number of sulfonamides is 1. The van der Waals surface area contributed by atoms with Crippen molar-refractivity contribution >= 4 is 48.5 Å². The van der Waals surface area contributed by atoms with E-state index in [1.54, 1.807) is 81.0 Å². The van der Waals surface area contributed by atoms with Crippen LogP contribution in [0.3, 0.4) is 0 Å². The second-order valence-electron chi connectivity index (χ2n) is 11.3. The topological polar surface area (TPSA) is 148 Å². The third-order valence-corrected chi connectivity index (χ3v) is 9.94. The van der Waals surface area contributed by atoms with Gasteiger partial charge >= 0.3 is 6.03 Å². The van der Waals surface area contributed by atoms with Crippen molar-refractivity contribution in [3.63, 3.8) is 0 Å². The fraction of sp³-hybridized carbons (Fsp3) is 0.147. The van der Waals surface area contributed by atoms with Crippen molar-refractivity contribution in [1.82, 2.24) is 23.6 Å². The van der Waals surface area contributed by atoms with Gasteiger partial charge in [-0.15, -0.1) is 0 Å². The van der Waals surface area contributed by atoms with E-state index in [2.05, 4.69) is 15.0 Å². The summed E-state index contributed by atoms with van der Waals surface area (Å²) in [5, 5.41) is 8.26. The van der Waals surface area contributed by atoms with Crippen LogP contribution in [0.5, 0.6) is 0 Å². The molecule has 3 aromatic heterocycles. The van der Waals surface area contributed by atoms with Crippen LogP contribution >= 0.6 is 0 Å².